The molecule has 1 aliphatic rings. The molecule has 0 aromatic heterocycles. The summed E-state index contributed by atoms with van der Waals surface area (Å²) in [5.41, 5.74) is 7.77. The number of methoxy groups -OCH3 is 4. The number of ether oxygens (including phenoxy) is 4. The zero-order valence-electron chi connectivity index (χ0n) is 24.9. The predicted octanol–water partition coefficient (Wildman–Crippen LogP) is 5.88. The van der Waals surface area contributed by atoms with Gasteiger partial charge in [0.05, 0.1) is 75.0 Å². The highest BCUT2D eigenvalue weighted by Crippen LogP contribution is 2.40. The summed E-state index contributed by atoms with van der Waals surface area (Å²) >= 11 is 0. The van der Waals surface area contributed by atoms with Gasteiger partial charge in [-0.25, -0.2) is 0 Å². The van der Waals surface area contributed by atoms with Crippen LogP contribution in [0.25, 0.3) is 0 Å². The molecule has 0 saturated carbocycles. The fourth-order valence-corrected chi connectivity index (χ4v) is 6.20. The summed E-state index contributed by atoms with van der Waals surface area (Å²) in [7, 11) is 6.34. The molecule has 0 atom stereocenters. The first kappa shape index (κ1) is 29.5. The second-order valence-corrected chi connectivity index (χ2v) is 10.5. The Morgan fingerprint density at radius 1 is 0.364 bits per heavy atom. The van der Waals surface area contributed by atoms with E-state index in [4.69, 9.17) is 18.9 Å². The molecule has 0 heterocycles. The molecule has 8 bridgehead atoms. The molecule has 5 rings (SSSR count). The number of fused-ring (bicyclic) bond motifs is 8. The normalized spacial score (nSPS) is 11.6. The highest BCUT2D eigenvalue weighted by molar-refractivity contribution is 5.60. The van der Waals surface area contributed by atoms with Crippen molar-refractivity contribution in [2.24, 2.45) is 0 Å². The topological polar surface area (TPSA) is 132 Å². The molecule has 0 amide bonds. The summed E-state index contributed by atoms with van der Waals surface area (Å²) in [4.78, 5) is 0. The molecule has 0 unspecified atom stereocenters. The van der Waals surface area contributed by atoms with Gasteiger partial charge in [0.25, 0.3) is 0 Å². The van der Waals surface area contributed by atoms with Gasteiger partial charge in [-0.2, -0.15) is 21.0 Å². The van der Waals surface area contributed by atoms with Gasteiger partial charge in [0.15, 0.2) is 0 Å². The maximum Gasteiger partial charge on any atom is 0.126 e. The van der Waals surface area contributed by atoms with E-state index < -0.39 is 0 Å². The van der Waals surface area contributed by atoms with Crippen LogP contribution < -0.4 is 18.9 Å². The lowest BCUT2D eigenvalue weighted by Gasteiger charge is -2.21. The first-order valence-corrected chi connectivity index (χ1v) is 13.8. The fourth-order valence-electron chi connectivity index (χ4n) is 6.20. The molecule has 8 heteroatoms. The van der Waals surface area contributed by atoms with Crippen molar-refractivity contribution in [3.8, 4) is 47.3 Å². The third-order valence-corrected chi connectivity index (χ3v) is 7.83. The maximum absolute atomic E-state index is 9.96. The van der Waals surface area contributed by atoms with E-state index in [1.54, 1.807) is 77.0 Å². The number of hydrogen-bond donors (Lipinski definition) is 0. The first-order chi connectivity index (χ1) is 21.4. The minimum absolute atomic E-state index is 0.318. The number of nitriles is 4. The lowest BCUT2D eigenvalue weighted by molar-refractivity contribution is 0.395. The molecule has 0 spiro atoms. The Morgan fingerprint density at radius 2 is 0.523 bits per heavy atom. The first-order valence-electron chi connectivity index (χ1n) is 13.8. The molecule has 216 valence electrons. The van der Waals surface area contributed by atoms with Gasteiger partial charge in [-0.1, -0.05) is 0 Å². The van der Waals surface area contributed by atoms with Crippen LogP contribution in [0.2, 0.25) is 0 Å². The van der Waals surface area contributed by atoms with Crippen molar-refractivity contribution in [2.45, 2.75) is 25.7 Å². The molecule has 8 nitrogen and oxygen atoms in total. The van der Waals surface area contributed by atoms with Gasteiger partial charge in [-0.05, 0) is 48.5 Å². The van der Waals surface area contributed by atoms with Crippen molar-refractivity contribution in [3.05, 3.63) is 115 Å². The van der Waals surface area contributed by atoms with Crippen LogP contribution in [0.15, 0.2) is 48.5 Å². The van der Waals surface area contributed by atoms with Crippen LogP contribution in [0.3, 0.4) is 0 Å². The van der Waals surface area contributed by atoms with E-state index in [0.717, 1.165) is 44.5 Å². The summed E-state index contributed by atoms with van der Waals surface area (Å²) in [5.74, 6) is 2.38. The van der Waals surface area contributed by atoms with Gasteiger partial charge in [-0.3, -0.25) is 0 Å². The summed E-state index contributed by atoms with van der Waals surface area (Å²) in [6, 6.07) is 23.3. The average molecular weight is 581 g/mol. The van der Waals surface area contributed by atoms with Crippen molar-refractivity contribution >= 4 is 0 Å². The summed E-state index contributed by atoms with van der Waals surface area (Å²) in [5, 5.41) is 39.8. The molecule has 0 radical (unpaired) electrons. The lowest BCUT2D eigenvalue weighted by atomic mass is 9.88. The molecule has 4 aromatic rings. The van der Waals surface area contributed by atoms with E-state index in [1.165, 1.54) is 0 Å². The maximum atomic E-state index is 9.96. The fraction of sp³-hybridized carbons (Fsp3) is 0.222. The predicted molar refractivity (Wildman–Crippen MR) is 162 cm³/mol. The molecular weight excluding hydrogens is 552 g/mol. The Bertz CT molecular complexity index is 1590. The van der Waals surface area contributed by atoms with E-state index in [0.29, 0.717) is 70.9 Å². The SMILES string of the molecule is COc1c2cc(C#N)cc1Cc1cc(C#N)cc(c1OC)Cc1cc(C#N)cc(c1OC)Cc1cc(C#N)cc(c1OC)C2. The van der Waals surface area contributed by atoms with Gasteiger partial charge < -0.3 is 18.9 Å². The van der Waals surface area contributed by atoms with E-state index in [-0.39, 0.29) is 0 Å². The standard InChI is InChI=1S/C36H28N4O4/c1-41-33-25-5-21(17-37)6-26(33)14-28-8-23(19-39)10-30(35(28)43-3)16-32-12-24(20-40)11-31(36(32)44-4)15-29-9-22(18-38)7-27(13-25)34(29)42-2/h5-12H,13-16H2,1-4H3. The second-order valence-electron chi connectivity index (χ2n) is 10.5. The molecule has 0 aliphatic heterocycles. The van der Waals surface area contributed by atoms with Crippen molar-refractivity contribution in [1.82, 2.24) is 0 Å². The van der Waals surface area contributed by atoms with E-state index in [9.17, 15) is 21.0 Å². The van der Waals surface area contributed by atoms with Crippen LogP contribution in [0.1, 0.15) is 66.8 Å². The molecule has 0 N–H and O–H groups in total. The molecule has 1 aliphatic carbocycles. The van der Waals surface area contributed by atoms with Crippen LogP contribution in [-0.4, -0.2) is 28.4 Å². The van der Waals surface area contributed by atoms with E-state index >= 15 is 0 Å². The molecule has 0 fully saturated rings. The largest absolute Gasteiger partial charge is 0.496 e. The zero-order chi connectivity index (χ0) is 31.4. The van der Waals surface area contributed by atoms with Gasteiger partial charge in [0, 0.05) is 70.2 Å². The molecule has 4 aromatic carbocycles. The van der Waals surface area contributed by atoms with Crippen molar-refractivity contribution in [3.63, 3.8) is 0 Å². The lowest BCUT2D eigenvalue weighted by Crippen LogP contribution is -2.08. The van der Waals surface area contributed by atoms with Gasteiger partial charge in [0.1, 0.15) is 23.0 Å². The monoisotopic (exact) mass is 580 g/mol. The number of rotatable bonds is 4. The Morgan fingerprint density at radius 3 is 0.636 bits per heavy atom. The van der Waals surface area contributed by atoms with Crippen LogP contribution in [-0.2, 0) is 25.7 Å². The smallest absolute Gasteiger partial charge is 0.126 e. The highest BCUT2D eigenvalue weighted by atomic mass is 16.5. The second kappa shape index (κ2) is 12.5. The molecule has 0 saturated heterocycles. The quantitative estimate of drug-likeness (QED) is 0.257. The highest BCUT2D eigenvalue weighted by Gasteiger charge is 2.23. The minimum Gasteiger partial charge on any atom is -0.496 e. The summed E-state index contributed by atoms with van der Waals surface area (Å²) < 4.78 is 23.8. The Hall–Kier alpha value is -5.96. The third-order valence-electron chi connectivity index (χ3n) is 7.83. The van der Waals surface area contributed by atoms with Gasteiger partial charge in [-0.15, -0.1) is 0 Å². The van der Waals surface area contributed by atoms with E-state index in [2.05, 4.69) is 24.3 Å². The molecular formula is C36H28N4O4. The Balaban J connectivity index is 1.90. The molecule has 44 heavy (non-hydrogen) atoms. The Labute approximate surface area is 256 Å². The van der Waals surface area contributed by atoms with Crippen molar-refractivity contribution in [1.29, 1.82) is 21.0 Å². The number of benzene rings is 4. The van der Waals surface area contributed by atoms with E-state index in [1.807, 2.05) is 0 Å². The van der Waals surface area contributed by atoms with Gasteiger partial charge in [0.2, 0.25) is 0 Å². The van der Waals surface area contributed by atoms with Crippen molar-refractivity contribution < 1.29 is 18.9 Å². The number of hydrogen-bond acceptors (Lipinski definition) is 8. The average Bonchev–Trinajstić information content (AvgIpc) is 3.03. The third kappa shape index (κ3) is 5.46. The Kier molecular flexibility index (Phi) is 8.39. The minimum atomic E-state index is 0.318. The van der Waals surface area contributed by atoms with Crippen LogP contribution in [0.5, 0.6) is 23.0 Å². The summed E-state index contributed by atoms with van der Waals surface area (Å²) in [6.45, 7) is 0. The van der Waals surface area contributed by atoms with Crippen LogP contribution >= 0.6 is 0 Å². The van der Waals surface area contributed by atoms with Crippen LogP contribution in [0, 0.1) is 45.3 Å². The van der Waals surface area contributed by atoms with Gasteiger partial charge >= 0.3 is 0 Å². The van der Waals surface area contributed by atoms with Crippen LogP contribution in [0.4, 0.5) is 0 Å². The number of nitrogens with zero attached hydrogens (tertiary/aromatic N) is 4. The summed E-state index contributed by atoms with van der Waals surface area (Å²) in [6.07, 6.45) is 1.27. The zero-order valence-corrected chi connectivity index (χ0v) is 24.9. The van der Waals surface area contributed by atoms with Crippen molar-refractivity contribution in [2.75, 3.05) is 28.4 Å².